The molecule has 18 heavy (non-hydrogen) atoms. The van der Waals surface area contributed by atoms with Crippen LogP contribution in [0.15, 0.2) is 30.6 Å². The smallest absolute Gasteiger partial charge is 0.264 e. The Morgan fingerprint density at radius 1 is 1.50 bits per heavy atom. The number of hydrogen-bond acceptors (Lipinski definition) is 3. The molecule has 0 bridgehead atoms. The van der Waals surface area contributed by atoms with Crippen LogP contribution < -0.4 is 0 Å². The van der Waals surface area contributed by atoms with E-state index in [0.717, 1.165) is 24.4 Å². The average Bonchev–Trinajstić information content (AvgIpc) is 3.09. The zero-order valence-corrected chi connectivity index (χ0v) is 11.1. The number of thiophene rings is 1. The van der Waals surface area contributed by atoms with Crippen molar-refractivity contribution in [2.24, 2.45) is 0 Å². The molecule has 94 valence electrons. The van der Waals surface area contributed by atoms with Crippen molar-refractivity contribution in [2.75, 3.05) is 13.1 Å². The maximum Gasteiger partial charge on any atom is 0.264 e. The predicted molar refractivity (Wildman–Crippen MR) is 70.8 cm³/mol. The first-order valence-electron chi connectivity index (χ1n) is 6.09. The first-order chi connectivity index (χ1) is 8.74. The minimum Gasteiger partial charge on any atom is -0.336 e. The van der Waals surface area contributed by atoms with Gasteiger partial charge in [-0.15, -0.1) is 11.3 Å². The Hall–Kier alpha value is -1.62. The first kappa shape index (κ1) is 11.5. The van der Waals surface area contributed by atoms with Crippen LogP contribution in [0.5, 0.6) is 0 Å². The highest BCUT2D eigenvalue weighted by atomic mass is 32.1. The molecule has 0 aromatic carbocycles. The van der Waals surface area contributed by atoms with Crippen LogP contribution in [0.1, 0.15) is 27.0 Å². The van der Waals surface area contributed by atoms with Crippen molar-refractivity contribution < 1.29 is 4.79 Å². The topological polar surface area (TPSA) is 38.1 Å². The minimum absolute atomic E-state index is 0.155. The lowest BCUT2D eigenvalue weighted by Gasteiger charge is -2.15. The van der Waals surface area contributed by atoms with Crippen molar-refractivity contribution >= 4 is 17.2 Å². The van der Waals surface area contributed by atoms with Gasteiger partial charge in [-0.05, 0) is 31.5 Å². The van der Waals surface area contributed by atoms with Crippen LogP contribution >= 0.6 is 11.3 Å². The van der Waals surface area contributed by atoms with Crippen LogP contribution in [0, 0.1) is 6.92 Å². The van der Waals surface area contributed by atoms with E-state index in [1.54, 1.807) is 17.5 Å². The zero-order chi connectivity index (χ0) is 12.5. The summed E-state index contributed by atoms with van der Waals surface area (Å²) in [6, 6.07) is 6.17. The molecule has 0 saturated carbocycles. The Morgan fingerprint density at radius 3 is 3.06 bits per heavy atom. The van der Waals surface area contributed by atoms with Gasteiger partial charge in [0.25, 0.3) is 5.91 Å². The van der Waals surface area contributed by atoms with Gasteiger partial charge in [0.05, 0.1) is 10.9 Å². The SMILES string of the molecule is Cc1ccc(C(=O)N2CCC(n3cccn3)C2)s1. The second-order valence-corrected chi connectivity index (χ2v) is 5.88. The molecular weight excluding hydrogens is 246 g/mol. The summed E-state index contributed by atoms with van der Waals surface area (Å²) in [7, 11) is 0. The molecule has 4 nitrogen and oxygen atoms in total. The van der Waals surface area contributed by atoms with Crippen LogP contribution in [0.4, 0.5) is 0 Å². The van der Waals surface area contributed by atoms with E-state index in [-0.39, 0.29) is 5.91 Å². The van der Waals surface area contributed by atoms with Crippen molar-refractivity contribution in [2.45, 2.75) is 19.4 Å². The molecule has 1 aliphatic heterocycles. The summed E-state index contributed by atoms with van der Waals surface area (Å²) in [4.78, 5) is 16.2. The van der Waals surface area contributed by atoms with E-state index >= 15 is 0 Å². The second kappa shape index (κ2) is 4.57. The van der Waals surface area contributed by atoms with Crippen LogP contribution in [0.25, 0.3) is 0 Å². The van der Waals surface area contributed by atoms with E-state index in [9.17, 15) is 4.79 Å². The lowest BCUT2D eigenvalue weighted by Crippen LogP contribution is -2.28. The van der Waals surface area contributed by atoms with Crippen LogP contribution in [-0.2, 0) is 0 Å². The molecule has 5 heteroatoms. The van der Waals surface area contributed by atoms with Crippen molar-refractivity contribution in [1.29, 1.82) is 0 Å². The van der Waals surface area contributed by atoms with Crippen molar-refractivity contribution in [1.82, 2.24) is 14.7 Å². The van der Waals surface area contributed by atoms with Gasteiger partial charge in [-0.3, -0.25) is 9.48 Å². The number of carbonyl (C=O) groups is 1. The molecule has 0 radical (unpaired) electrons. The third-order valence-electron chi connectivity index (χ3n) is 3.30. The summed E-state index contributed by atoms with van der Waals surface area (Å²) >= 11 is 1.57. The molecular formula is C13H15N3OS. The fourth-order valence-corrected chi connectivity index (χ4v) is 3.18. The molecule has 1 fully saturated rings. The van der Waals surface area contributed by atoms with Crippen LogP contribution in [0.3, 0.4) is 0 Å². The molecule has 1 atom stereocenters. The van der Waals surface area contributed by atoms with Gasteiger partial charge < -0.3 is 4.90 Å². The maximum absolute atomic E-state index is 12.3. The van der Waals surface area contributed by atoms with Gasteiger partial charge >= 0.3 is 0 Å². The zero-order valence-electron chi connectivity index (χ0n) is 10.2. The number of rotatable bonds is 2. The summed E-state index contributed by atoms with van der Waals surface area (Å²) in [5.41, 5.74) is 0. The normalized spacial score (nSPS) is 19.4. The van der Waals surface area contributed by atoms with Crippen LogP contribution in [0.2, 0.25) is 0 Å². The lowest BCUT2D eigenvalue weighted by molar-refractivity contribution is 0.0792. The second-order valence-electron chi connectivity index (χ2n) is 4.59. The summed E-state index contributed by atoms with van der Waals surface area (Å²) in [5.74, 6) is 0.155. The number of aromatic nitrogens is 2. The third-order valence-corrected chi connectivity index (χ3v) is 4.29. The van der Waals surface area contributed by atoms with Gasteiger partial charge in [0, 0.05) is 30.4 Å². The standard InChI is InChI=1S/C13H15N3OS/c1-10-3-4-12(18-10)13(17)15-8-5-11(9-15)16-7-2-6-14-16/h2-4,6-7,11H,5,8-9H2,1H3. The Morgan fingerprint density at radius 2 is 2.39 bits per heavy atom. The Kier molecular flexibility index (Phi) is 2.91. The van der Waals surface area contributed by atoms with Crippen LogP contribution in [-0.4, -0.2) is 33.7 Å². The summed E-state index contributed by atoms with van der Waals surface area (Å²) in [6.07, 6.45) is 4.73. The van der Waals surface area contributed by atoms with E-state index < -0.39 is 0 Å². The third kappa shape index (κ3) is 2.06. The molecule has 1 aliphatic rings. The molecule has 3 rings (SSSR count). The first-order valence-corrected chi connectivity index (χ1v) is 6.90. The van der Waals surface area contributed by atoms with Gasteiger partial charge in [-0.2, -0.15) is 5.10 Å². The van der Waals surface area contributed by atoms with Gasteiger partial charge in [-0.1, -0.05) is 0 Å². The number of carbonyl (C=O) groups excluding carboxylic acids is 1. The molecule has 0 spiro atoms. The van der Waals surface area contributed by atoms with E-state index in [1.807, 2.05) is 40.9 Å². The van der Waals surface area contributed by atoms with Crippen molar-refractivity contribution in [3.8, 4) is 0 Å². The molecule has 3 heterocycles. The van der Waals surface area contributed by atoms with Gasteiger partial charge in [-0.25, -0.2) is 0 Å². The minimum atomic E-state index is 0.155. The highest BCUT2D eigenvalue weighted by Crippen LogP contribution is 2.24. The summed E-state index contributed by atoms with van der Waals surface area (Å²) < 4.78 is 1.95. The average molecular weight is 261 g/mol. The van der Waals surface area contributed by atoms with E-state index in [0.29, 0.717) is 6.04 Å². The largest absolute Gasteiger partial charge is 0.336 e. The quantitative estimate of drug-likeness (QED) is 0.832. The molecule has 0 N–H and O–H groups in total. The number of amides is 1. The molecule has 0 aliphatic carbocycles. The lowest BCUT2D eigenvalue weighted by atomic mass is 10.3. The fraction of sp³-hybridized carbons (Fsp3) is 0.385. The Balaban J connectivity index is 1.70. The highest BCUT2D eigenvalue weighted by molar-refractivity contribution is 7.13. The Bertz CT molecular complexity index is 546. The highest BCUT2D eigenvalue weighted by Gasteiger charge is 2.28. The fourth-order valence-electron chi connectivity index (χ4n) is 2.34. The predicted octanol–water partition coefficient (Wildman–Crippen LogP) is 2.34. The molecule has 2 aromatic heterocycles. The van der Waals surface area contributed by atoms with Crippen molar-refractivity contribution in [3.05, 3.63) is 40.3 Å². The molecule has 1 amide bonds. The number of nitrogens with zero attached hydrogens (tertiary/aromatic N) is 3. The van der Waals surface area contributed by atoms with E-state index in [2.05, 4.69) is 5.10 Å². The summed E-state index contributed by atoms with van der Waals surface area (Å²) in [5, 5.41) is 4.25. The maximum atomic E-state index is 12.3. The van der Waals surface area contributed by atoms with Gasteiger partial charge in [0.2, 0.25) is 0 Å². The molecule has 1 saturated heterocycles. The number of likely N-dealkylation sites (tertiary alicyclic amines) is 1. The summed E-state index contributed by atoms with van der Waals surface area (Å²) in [6.45, 7) is 3.61. The van der Waals surface area contributed by atoms with Crippen molar-refractivity contribution in [3.63, 3.8) is 0 Å². The van der Waals surface area contributed by atoms with Gasteiger partial charge in [0.1, 0.15) is 0 Å². The molecule has 2 aromatic rings. The molecule has 1 unspecified atom stereocenters. The number of hydrogen-bond donors (Lipinski definition) is 0. The Labute approximate surface area is 110 Å². The van der Waals surface area contributed by atoms with E-state index in [4.69, 9.17) is 0 Å². The number of aryl methyl sites for hydroxylation is 1. The van der Waals surface area contributed by atoms with E-state index in [1.165, 1.54) is 4.88 Å². The van der Waals surface area contributed by atoms with Gasteiger partial charge in [0.15, 0.2) is 0 Å². The monoisotopic (exact) mass is 261 g/mol.